The SMILES string of the molecule is COc1cc2cc(c1Cl)N(C)C(=O)C[C@H](OC(=O)Cc1ccccc1)[C@]1(C)O[C@H]1[C@H](C)[C@@H]1C[C@@](O)(NC(=O)O1)[C@H](OC)/C=C/C=C(\C)C2. The van der Waals surface area contributed by atoms with Gasteiger partial charge in [-0.25, -0.2) is 4.79 Å². The number of epoxide rings is 1. The molecule has 3 aliphatic heterocycles. The number of rotatable bonds is 5. The van der Waals surface area contributed by atoms with E-state index in [2.05, 4.69) is 5.32 Å². The Morgan fingerprint density at radius 3 is 2.60 bits per heavy atom. The number of aliphatic hydroxyl groups is 1. The summed E-state index contributed by atoms with van der Waals surface area (Å²) < 4.78 is 29.1. The van der Waals surface area contributed by atoms with Crippen molar-refractivity contribution in [2.45, 2.75) is 82.2 Å². The molecule has 2 saturated heterocycles. The van der Waals surface area contributed by atoms with E-state index in [0.29, 0.717) is 17.9 Å². The molecule has 0 unspecified atom stereocenters. The first-order valence-corrected chi connectivity index (χ1v) is 16.3. The summed E-state index contributed by atoms with van der Waals surface area (Å²) in [6.45, 7) is 5.54. The molecule has 12 heteroatoms. The zero-order valence-corrected chi connectivity index (χ0v) is 28.8. The molecule has 48 heavy (non-hydrogen) atoms. The summed E-state index contributed by atoms with van der Waals surface area (Å²) in [5.41, 5.74) is 0.0982. The fourth-order valence-corrected chi connectivity index (χ4v) is 6.88. The Balaban J connectivity index is 1.54. The van der Waals surface area contributed by atoms with Crippen LogP contribution in [0.15, 0.2) is 66.3 Å². The predicted molar refractivity (Wildman–Crippen MR) is 179 cm³/mol. The molecule has 0 saturated carbocycles. The number of anilines is 1. The summed E-state index contributed by atoms with van der Waals surface area (Å²) >= 11 is 6.73. The number of hydrogen-bond acceptors (Lipinski definition) is 9. The van der Waals surface area contributed by atoms with E-state index in [1.807, 2.05) is 62.4 Å². The van der Waals surface area contributed by atoms with Crippen LogP contribution in [0.4, 0.5) is 10.5 Å². The minimum absolute atomic E-state index is 0.000471. The Hall–Kier alpha value is -3.90. The van der Waals surface area contributed by atoms with Crippen LogP contribution >= 0.6 is 11.6 Å². The first-order chi connectivity index (χ1) is 22.8. The van der Waals surface area contributed by atoms with Crippen LogP contribution < -0.4 is 15.0 Å². The molecule has 4 bridgehead atoms. The van der Waals surface area contributed by atoms with Gasteiger partial charge in [0.15, 0.2) is 5.72 Å². The van der Waals surface area contributed by atoms with Crippen molar-refractivity contribution >= 4 is 35.3 Å². The topological polar surface area (TPSA) is 136 Å². The number of esters is 1. The molecule has 0 spiro atoms. The van der Waals surface area contributed by atoms with E-state index >= 15 is 0 Å². The highest BCUT2D eigenvalue weighted by Crippen LogP contribution is 2.49. The van der Waals surface area contributed by atoms with E-state index in [1.165, 1.54) is 19.1 Å². The van der Waals surface area contributed by atoms with Gasteiger partial charge in [0.1, 0.15) is 34.7 Å². The van der Waals surface area contributed by atoms with Gasteiger partial charge >= 0.3 is 12.1 Å². The Bertz CT molecular complexity index is 1600. The molecular weight excluding hydrogens is 640 g/mol. The van der Waals surface area contributed by atoms with Crippen LogP contribution in [-0.4, -0.2) is 80.1 Å². The molecular formula is C36H43ClN2O9. The first kappa shape index (κ1) is 35.4. The molecule has 11 nitrogen and oxygen atoms in total. The second kappa shape index (κ2) is 14.3. The number of ether oxygens (including phenoxy) is 5. The van der Waals surface area contributed by atoms with Crippen molar-refractivity contribution in [3.05, 3.63) is 82.4 Å². The van der Waals surface area contributed by atoms with Crippen molar-refractivity contribution in [2.75, 3.05) is 26.2 Å². The second-order valence-electron chi connectivity index (χ2n) is 12.9. The predicted octanol–water partition coefficient (Wildman–Crippen LogP) is 4.91. The molecule has 3 aliphatic rings. The molecule has 0 aromatic heterocycles. The first-order valence-electron chi connectivity index (χ1n) is 15.9. The maximum absolute atomic E-state index is 14.0. The normalized spacial score (nSPS) is 32.5. The molecule has 2 aromatic rings. The zero-order chi connectivity index (χ0) is 34.8. The second-order valence-corrected chi connectivity index (χ2v) is 13.3. The number of halogens is 1. The van der Waals surface area contributed by atoms with E-state index in [0.717, 1.165) is 16.7 Å². The molecule has 258 valence electrons. The minimum atomic E-state index is -1.78. The smallest absolute Gasteiger partial charge is 0.409 e. The lowest BCUT2D eigenvalue weighted by Crippen LogP contribution is -2.63. The van der Waals surface area contributed by atoms with Gasteiger partial charge in [0.25, 0.3) is 0 Å². The van der Waals surface area contributed by atoms with Gasteiger partial charge in [0.05, 0.1) is 31.7 Å². The Morgan fingerprint density at radius 1 is 1.19 bits per heavy atom. The average molecular weight is 683 g/mol. The van der Waals surface area contributed by atoms with Crippen molar-refractivity contribution in [3.8, 4) is 5.75 Å². The number of carbonyl (C=O) groups excluding carboxylic acids is 3. The number of nitrogens with zero attached hydrogens (tertiary/aromatic N) is 1. The van der Waals surface area contributed by atoms with Crippen LogP contribution in [-0.2, 0) is 41.4 Å². The lowest BCUT2D eigenvalue weighted by molar-refractivity contribution is -0.153. The van der Waals surface area contributed by atoms with Crippen LogP contribution in [0.2, 0.25) is 5.02 Å². The van der Waals surface area contributed by atoms with Crippen LogP contribution in [0.1, 0.15) is 44.7 Å². The van der Waals surface area contributed by atoms with Gasteiger partial charge in [0.2, 0.25) is 5.91 Å². The maximum atomic E-state index is 14.0. The van der Waals surface area contributed by atoms with Crippen LogP contribution in [0.3, 0.4) is 0 Å². The Labute approximate surface area is 285 Å². The van der Waals surface area contributed by atoms with Crippen molar-refractivity contribution < 1.29 is 43.2 Å². The van der Waals surface area contributed by atoms with Gasteiger partial charge in [0, 0.05) is 26.5 Å². The maximum Gasteiger partial charge on any atom is 0.409 e. The number of alkyl carbamates (subject to hydrolysis) is 1. The standard InChI is InChI=1S/C36H43ClN2O9/c1-21-11-10-14-28(45-6)36(43)20-27(46-34(42)38-36)22(2)33-35(3,48-33)29(47-31(41)18-23-12-8-7-9-13-23)19-30(40)39(4)25-16-24(15-21)17-26(44-5)32(25)37/h7-14,16-17,22,27-29,33,43H,15,18-20H2,1-6H3,(H,38,42)/b14-10+,21-11+/t22-,27+,28-,29+,33+,35+,36+/m1/s1. The molecule has 3 heterocycles. The number of carbonyl (C=O) groups is 3. The van der Waals surface area contributed by atoms with Crippen molar-refractivity contribution in [2.24, 2.45) is 5.92 Å². The molecule has 0 aliphatic carbocycles. The minimum Gasteiger partial charge on any atom is -0.495 e. The number of nitrogens with one attached hydrogen (secondary N) is 1. The fraction of sp³-hybridized carbons (Fsp3) is 0.472. The lowest BCUT2D eigenvalue weighted by atomic mass is 9.83. The third kappa shape index (κ3) is 7.54. The van der Waals surface area contributed by atoms with E-state index in [9.17, 15) is 19.5 Å². The van der Waals surface area contributed by atoms with Gasteiger partial charge < -0.3 is 33.7 Å². The molecule has 5 rings (SSSR count). The summed E-state index contributed by atoms with van der Waals surface area (Å²) in [7, 11) is 4.57. The Kier molecular flexibility index (Phi) is 10.5. The van der Waals surface area contributed by atoms with Gasteiger partial charge in [-0.05, 0) is 43.5 Å². The summed E-state index contributed by atoms with van der Waals surface area (Å²) in [6, 6.07) is 12.8. The molecule has 2 amide bonds. The molecule has 2 aromatic carbocycles. The number of fused-ring (bicyclic) bond motifs is 5. The van der Waals surface area contributed by atoms with E-state index in [4.69, 9.17) is 35.3 Å². The summed E-state index contributed by atoms with van der Waals surface area (Å²) in [4.78, 5) is 41.5. The molecule has 2 N–H and O–H groups in total. The number of benzene rings is 2. The largest absolute Gasteiger partial charge is 0.495 e. The van der Waals surface area contributed by atoms with E-state index in [1.54, 1.807) is 26.1 Å². The van der Waals surface area contributed by atoms with Crippen molar-refractivity contribution in [1.29, 1.82) is 0 Å². The molecule has 0 radical (unpaired) electrons. The van der Waals surface area contributed by atoms with Crippen molar-refractivity contribution in [1.82, 2.24) is 5.32 Å². The average Bonchev–Trinajstić information content (AvgIpc) is 3.74. The van der Waals surface area contributed by atoms with Crippen LogP contribution in [0.25, 0.3) is 0 Å². The summed E-state index contributed by atoms with van der Waals surface area (Å²) in [6.07, 6.45) is 1.50. The van der Waals surface area contributed by atoms with Gasteiger partial charge in [-0.1, -0.05) is 72.7 Å². The van der Waals surface area contributed by atoms with E-state index < -0.39 is 53.7 Å². The van der Waals surface area contributed by atoms with Crippen LogP contribution in [0, 0.1) is 5.92 Å². The third-order valence-electron chi connectivity index (χ3n) is 9.42. The van der Waals surface area contributed by atoms with Gasteiger partial charge in [-0.2, -0.15) is 0 Å². The third-order valence-corrected chi connectivity index (χ3v) is 9.80. The van der Waals surface area contributed by atoms with Crippen LogP contribution in [0.5, 0.6) is 5.75 Å². The summed E-state index contributed by atoms with van der Waals surface area (Å²) in [5, 5.41) is 14.5. The fourth-order valence-electron chi connectivity index (χ4n) is 6.57. The Morgan fingerprint density at radius 2 is 1.92 bits per heavy atom. The molecule has 2 fully saturated rings. The quantitative estimate of drug-likeness (QED) is 0.333. The molecule has 7 atom stereocenters. The number of amides is 2. The monoisotopic (exact) mass is 682 g/mol. The number of allylic oxidation sites excluding steroid dienone is 3. The number of hydrogen-bond donors (Lipinski definition) is 2. The van der Waals surface area contributed by atoms with E-state index in [-0.39, 0.29) is 30.2 Å². The zero-order valence-electron chi connectivity index (χ0n) is 28.0. The van der Waals surface area contributed by atoms with Gasteiger partial charge in [-0.15, -0.1) is 0 Å². The summed E-state index contributed by atoms with van der Waals surface area (Å²) in [5.74, 6) is -0.947. The highest BCUT2D eigenvalue weighted by Gasteiger charge is 2.64. The van der Waals surface area contributed by atoms with Crippen molar-refractivity contribution in [3.63, 3.8) is 0 Å². The lowest BCUT2D eigenvalue weighted by Gasteiger charge is -2.42. The number of methoxy groups -OCH3 is 2. The highest BCUT2D eigenvalue weighted by atomic mass is 35.5. The highest BCUT2D eigenvalue weighted by molar-refractivity contribution is 6.35. The van der Waals surface area contributed by atoms with Gasteiger partial charge in [-0.3, -0.25) is 14.9 Å².